The van der Waals surface area contributed by atoms with Crippen molar-refractivity contribution in [1.82, 2.24) is 9.88 Å². The highest BCUT2D eigenvalue weighted by molar-refractivity contribution is 5.88. The lowest BCUT2D eigenvalue weighted by atomic mass is 9.78. The minimum Gasteiger partial charge on any atom is -0.493 e. The van der Waals surface area contributed by atoms with Gasteiger partial charge in [0.1, 0.15) is 11.2 Å². The third-order valence-electron chi connectivity index (χ3n) is 7.22. The molecule has 0 radical (unpaired) electrons. The molecule has 0 aliphatic carbocycles. The van der Waals surface area contributed by atoms with E-state index in [1.54, 1.807) is 7.11 Å². The lowest BCUT2D eigenvalue weighted by Crippen LogP contribution is -2.32. The number of hydrogen-bond donors (Lipinski definition) is 2. The maximum atomic E-state index is 12.6. The number of rotatable bonds is 12. The second-order valence-corrected chi connectivity index (χ2v) is 12.8. The Labute approximate surface area is 243 Å². The van der Waals surface area contributed by atoms with Gasteiger partial charge in [-0.15, -0.1) is 0 Å². The summed E-state index contributed by atoms with van der Waals surface area (Å²) < 4.78 is 19.0. The number of hydrogen-bond acceptors (Lipinski definition) is 6. The van der Waals surface area contributed by atoms with Gasteiger partial charge < -0.3 is 29.2 Å². The number of benzene rings is 1. The van der Waals surface area contributed by atoms with Crippen molar-refractivity contribution < 1.29 is 28.9 Å². The summed E-state index contributed by atoms with van der Waals surface area (Å²) in [5, 5.41) is 12.3. The van der Waals surface area contributed by atoms with Gasteiger partial charge in [0.15, 0.2) is 16.9 Å². The number of aromatic nitrogens is 1. The maximum absolute atomic E-state index is 12.6. The third-order valence-corrected chi connectivity index (χ3v) is 7.22. The monoisotopic (exact) mass is 570 g/mol. The van der Waals surface area contributed by atoms with Crippen LogP contribution in [0.4, 0.5) is 4.79 Å². The highest BCUT2D eigenvalue weighted by Crippen LogP contribution is 2.45. The number of methoxy groups -OCH3 is 1. The van der Waals surface area contributed by atoms with E-state index in [0.29, 0.717) is 36.8 Å². The molecule has 9 nitrogen and oxygen atoms in total. The van der Waals surface area contributed by atoms with Gasteiger partial charge in [-0.2, -0.15) is 0 Å². The van der Waals surface area contributed by atoms with Gasteiger partial charge in [-0.05, 0) is 63.1 Å². The molecule has 1 aromatic carbocycles. The Morgan fingerprint density at radius 1 is 0.976 bits per heavy atom. The third kappa shape index (κ3) is 8.75. The van der Waals surface area contributed by atoms with Gasteiger partial charge in [0.05, 0.1) is 19.4 Å². The van der Waals surface area contributed by atoms with Crippen LogP contribution < -0.4 is 20.2 Å². The van der Waals surface area contributed by atoms with Crippen LogP contribution >= 0.6 is 0 Å². The Bertz CT molecular complexity index is 1280. The first-order chi connectivity index (χ1) is 19.2. The number of carboxylic acid groups (broad SMARTS) is 1. The minimum absolute atomic E-state index is 0.0377. The van der Waals surface area contributed by atoms with Crippen molar-refractivity contribution in [3.63, 3.8) is 0 Å². The van der Waals surface area contributed by atoms with Gasteiger partial charge in [0.2, 0.25) is 0 Å². The molecule has 0 saturated heterocycles. The van der Waals surface area contributed by atoms with Crippen molar-refractivity contribution >= 4 is 12.1 Å². The first-order valence-electron chi connectivity index (χ1n) is 14.5. The Morgan fingerprint density at radius 3 is 2.24 bits per heavy atom. The van der Waals surface area contributed by atoms with Crippen LogP contribution in [0.3, 0.4) is 0 Å². The quantitative estimate of drug-likeness (QED) is 0.276. The standard InChI is InChI=1S/C32H46N2O7/c1-31(2,3)28-17-21-16-27(40-15-13-11-9-8-10-12-14-33-30(38)41-32(4,5)6)26(39-7)18-22(21)24-19-25(35)23(29(36)37)20-34(24)28/h16,18-20,28H,8-15,17H2,1-7H3,(H,33,38)(H,36,37)/t28-/m0/s1. The number of carbonyl (C=O) groups excluding carboxylic acids is 1. The molecule has 1 aliphatic rings. The SMILES string of the molecule is COc1cc2c(cc1OCCCCCCCCNC(=O)OC(C)(C)C)C[C@@H](C(C)(C)C)n1cc(C(=O)O)c(=O)cc1-2. The number of alkyl carbamates (subject to hydrolysis) is 1. The smallest absolute Gasteiger partial charge is 0.407 e. The fraction of sp³-hybridized carbons (Fsp3) is 0.594. The molecule has 1 aliphatic heterocycles. The number of carboxylic acids is 1. The molecule has 0 unspecified atom stereocenters. The van der Waals surface area contributed by atoms with E-state index in [1.807, 2.05) is 37.5 Å². The first kappa shape index (κ1) is 32.0. The van der Waals surface area contributed by atoms with Crippen LogP contribution in [-0.4, -0.2) is 47.6 Å². The van der Waals surface area contributed by atoms with Crippen LogP contribution in [0, 0.1) is 5.41 Å². The van der Waals surface area contributed by atoms with Crippen molar-refractivity contribution in [2.75, 3.05) is 20.3 Å². The summed E-state index contributed by atoms with van der Waals surface area (Å²) in [6.45, 7) is 13.1. The van der Waals surface area contributed by atoms with E-state index in [2.05, 4.69) is 26.1 Å². The second kappa shape index (κ2) is 13.4. The number of nitrogens with one attached hydrogen (secondary N) is 1. The first-order valence-corrected chi connectivity index (χ1v) is 14.5. The normalized spacial score (nSPS) is 14.6. The summed E-state index contributed by atoms with van der Waals surface area (Å²) in [6.07, 6.45) is 7.89. The second-order valence-electron chi connectivity index (χ2n) is 12.8. The molecule has 2 aromatic rings. The van der Waals surface area contributed by atoms with Crippen molar-refractivity contribution in [3.8, 4) is 22.8 Å². The summed E-state index contributed by atoms with van der Waals surface area (Å²) in [5.41, 5.74) is 1.19. The summed E-state index contributed by atoms with van der Waals surface area (Å²) in [5.74, 6) is 0.0297. The van der Waals surface area contributed by atoms with E-state index in [4.69, 9.17) is 14.2 Å². The van der Waals surface area contributed by atoms with E-state index < -0.39 is 17.0 Å². The van der Waals surface area contributed by atoms with Gasteiger partial charge in [-0.1, -0.05) is 46.5 Å². The van der Waals surface area contributed by atoms with E-state index in [9.17, 15) is 19.5 Å². The Morgan fingerprint density at radius 2 is 1.63 bits per heavy atom. The topological polar surface area (TPSA) is 116 Å². The number of ether oxygens (including phenoxy) is 3. The Hall–Kier alpha value is -3.49. The minimum atomic E-state index is -1.22. The molecule has 1 amide bonds. The van der Waals surface area contributed by atoms with Gasteiger partial charge >= 0.3 is 12.1 Å². The molecule has 0 bridgehead atoms. The summed E-state index contributed by atoms with van der Waals surface area (Å²) in [6, 6.07) is 5.28. The lowest BCUT2D eigenvalue weighted by molar-refractivity contribution is 0.0526. The van der Waals surface area contributed by atoms with Crippen molar-refractivity contribution in [1.29, 1.82) is 0 Å². The fourth-order valence-electron chi connectivity index (χ4n) is 5.12. The number of fused-ring (bicyclic) bond motifs is 3. The van der Waals surface area contributed by atoms with Crippen LogP contribution in [0.1, 0.15) is 102 Å². The van der Waals surface area contributed by atoms with Crippen molar-refractivity contribution in [3.05, 3.63) is 45.7 Å². The summed E-state index contributed by atoms with van der Waals surface area (Å²) in [7, 11) is 1.59. The maximum Gasteiger partial charge on any atom is 0.407 e. The average molecular weight is 571 g/mol. The molecular weight excluding hydrogens is 524 g/mol. The highest BCUT2D eigenvalue weighted by atomic mass is 16.6. The van der Waals surface area contributed by atoms with Crippen molar-refractivity contribution in [2.45, 2.75) is 98.1 Å². The molecule has 2 N–H and O–H groups in total. The summed E-state index contributed by atoms with van der Waals surface area (Å²) in [4.78, 5) is 36.0. The molecular formula is C32H46N2O7. The van der Waals surface area contributed by atoms with E-state index >= 15 is 0 Å². The van der Waals surface area contributed by atoms with Gasteiger partial charge in [-0.3, -0.25) is 4.79 Å². The molecule has 0 saturated carbocycles. The number of aromatic carboxylic acids is 1. The Balaban J connectivity index is 1.57. The molecule has 2 heterocycles. The Kier molecular flexibility index (Phi) is 10.5. The van der Waals surface area contributed by atoms with Crippen LogP contribution in [0.15, 0.2) is 29.2 Å². The van der Waals surface area contributed by atoms with Crippen LogP contribution in [0.2, 0.25) is 0 Å². The number of carbonyl (C=O) groups is 2. The molecule has 0 fully saturated rings. The molecule has 0 spiro atoms. The molecule has 1 atom stereocenters. The highest BCUT2D eigenvalue weighted by Gasteiger charge is 2.34. The fourth-order valence-corrected chi connectivity index (χ4v) is 5.12. The number of pyridine rings is 1. The van der Waals surface area contributed by atoms with Gasteiger partial charge in [0, 0.05) is 30.4 Å². The lowest BCUT2D eigenvalue weighted by Gasteiger charge is -2.39. The van der Waals surface area contributed by atoms with Crippen molar-refractivity contribution in [2.24, 2.45) is 5.41 Å². The molecule has 41 heavy (non-hydrogen) atoms. The zero-order chi connectivity index (χ0) is 30.4. The van der Waals surface area contributed by atoms with E-state index in [1.165, 1.54) is 12.3 Å². The number of nitrogens with zero attached hydrogens (tertiary/aromatic N) is 1. The van der Waals surface area contributed by atoms with Gasteiger partial charge in [-0.25, -0.2) is 9.59 Å². The molecule has 9 heteroatoms. The molecule has 226 valence electrons. The van der Waals surface area contributed by atoms with E-state index in [-0.39, 0.29) is 23.1 Å². The largest absolute Gasteiger partial charge is 0.493 e. The zero-order valence-corrected chi connectivity index (χ0v) is 25.6. The number of unbranched alkanes of at least 4 members (excludes halogenated alkanes) is 5. The predicted octanol–water partition coefficient (Wildman–Crippen LogP) is 6.61. The average Bonchev–Trinajstić information content (AvgIpc) is 2.86. The van der Waals surface area contributed by atoms with Crippen LogP contribution in [0.5, 0.6) is 11.5 Å². The van der Waals surface area contributed by atoms with Crippen LogP contribution in [-0.2, 0) is 11.2 Å². The zero-order valence-electron chi connectivity index (χ0n) is 25.6. The summed E-state index contributed by atoms with van der Waals surface area (Å²) >= 11 is 0. The number of amides is 1. The predicted molar refractivity (Wildman–Crippen MR) is 159 cm³/mol. The molecule has 3 rings (SSSR count). The van der Waals surface area contributed by atoms with Gasteiger partial charge in [0.25, 0.3) is 0 Å². The molecule has 1 aromatic heterocycles. The van der Waals surface area contributed by atoms with E-state index in [0.717, 1.165) is 49.7 Å². The van der Waals surface area contributed by atoms with Crippen LogP contribution in [0.25, 0.3) is 11.3 Å².